The smallest absolute Gasteiger partial charge is 0.333 e. The number of rotatable bonds is 10. The number of ether oxygens (including phenoxy) is 1. The molecule has 1 unspecified atom stereocenters. The number of carbonyl (C=O) groups excluding carboxylic acids is 1. The molecule has 0 bridgehead atoms. The van der Waals surface area contributed by atoms with Gasteiger partial charge in [-0.05, 0) is 109 Å². The topological polar surface area (TPSA) is 38.3 Å². The highest BCUT2D eigenvalue weighted by Gasteiger charge is 2.59. The van der Waals surface area contributed by atoms with Crippen LogP contribution in [0.15, 0.2) is 72.3 Å². The van der Waals surface area contributed by atoms with Crippen LogP contribution in [0.2, 0.25) is 0 Å². The van der Waals surface area contributed by atoms with Crippen molar-refractivity contribution in [2.45, 2.75) is 117 Å². The molecule has 3 heteroatoms. The summed E-state index contributed by atoms with van der Waals surface area (Å²) in [5.41, 5.74) is 4.23. The van der Waals surface area contributed by atoms with Crippen LogP contribution in [0.4, 0.5) is 5.69 Å². The van der Waals surface area contributed by atoms with Crippen molar-refractivity contribution in [3.63, 3.8) is 0 Å². The van der Waals surface area contributed by atoms with Gasteiger partial charge in [0.15, 0.2) is 6.04 Å². The predicted molar refractivity (Wildman–Crippen MR) is 182 cm³/mol. The molecule has 0 spiro atoms. The fourth-order valence-electron chi connectivity index (χ4n) is 10.6. The first-order chi connectivity index (χ1) is 21.2. The predicted octanol–water partition coefficient (Wildman–Crippen LogP) is 10.8. The van der Waals surface area contributed by atoms with E-state index in [2.05, 4.69) is 46.0 Å². The molecule has 3 nitrogen and oxygen atoms in total. The highest BCUT2D eigenvalue weighted by atomic mass is 16.5. The van der Waals surface area contributed by atoms with Crippen LogP contribution in [0.5, 0.6) is 0 Å². The average molecular weight is 596 g/mol. The molecule has 0 radical (unpaired) electrons. The van der Waals surface area contributed by atoms with E-state index >= 15 is 0 Å². The number of benzene rings is 2. The van der Waals surface area contributed by atoms with Gasteiger partial charge in [0.05, 0.1) is 0 Å². The molecule has 0 heterocycles. The molecule has 9 atom stereocenters. The van der Waals surface area contributed by atoms with Crippen LogP contribution >= 0.6 is 0 Å². The zero-order valence-electron chi connectivity index (χ0n) is 28.1. The van der Waals surface area contributed by atoms with Gasteiger partial charge < -0.3 is 10.1 Å². The van der Waals surface area contributed by atoms with Crippen LogP contribution in [0.25, 0.3) is 0 Å². The zero-order chi connectivity index (χ0) is 30.9. The van der Waals surface area contributed by atoms with Crippen LogP contribution in [0.1, 0.15) is 117 Å². The first-order valence-electron chi connectivity index (χ1n) is 18.0. The maximum Gasteiger partial charge on any atom is 0.333 e. The van der Waals surface area contributed by atoms with Gasteiger partial charge in [0.25, 0.3) is 0 Å². The number of para-hydroxylation sites is 1. The lowest BCUT2D eigenvalue weighted by Gasteiger charge is -2.58. The van der Waals surface area contributed by atoms with Crippen molar-refractivity contribution in [3.05, 3.63) is 77.9 Å². The summed E-state index contributed by atoms with van der Waals surface area (Å²) in [7, 11) is 0. The highest BCUT2D eigenvalue weighted by molar-refractivity contribution is 5.81. The van der Waals surface area contributed by atoms with Gasteiger partial charge in [-0.2, -0.15) is 0 Å². The van der Waals surface area contributed by atoms with E-state index in [0.717, 1.165) is 66.0 Å². The quantitative estimate of drug-likeness (QED) is 0.219. The third kappa shape index (κ3) is 6.14. The Hall–Kier alpha value is -2.55. The number of hydrogen-bond donors (Lipinski definition) is 1. The third-order valence-electron chi connectivity index (χ3n) is 13.0. The van der Waals surface area contributed by atoms with Crippen LogP contribution in [-0.2, 0) is 9.53 Å². The van der Waals surface area contributed by atoms with E-state index in [0.29, 0.717) is 5.41 Å². The van der Waals surface area contributed by atoms with Gasteiger partial charge in [-0.1, -0.05) is 114 Å². The molecule has 6 rings (SSSR count). The second-order valence-corrected chi connectivity index (χ2v) is 15.9. The lowest BCUT2D eigenvalue weighted by molar-refractivity contribution is -0.152. The van der Waals surface area contributed by atoms with E-state index in [4.69, 9.17) is 4.74 Å². The zero-order valence-corrected chi connectivity index (χ0v) is 28.1. The van der Waals surface area contributed by atoms with Crippen molar-refractivity contribution in [1.29, 1.82) is 0 Å². The van der Waals surface area contributed by atoms with Gasteiger partial charge in [0.2, 0.25) is 0 Å². The summed E-state index contributed by atoms with van der Waals surface area (Å²) >= 11 is 0. The second kappa shape index (κ2) is 13.1. The first kappa shape index (κ1) is 31.4. The van der Waals surface area contributed by atoms with Crippen LogP contribution in [0.3, 0.4) is 0 Å². The number of esters is 1. The number of hydrogen-bond acceptors (Lipinski definition) is 3. The summed E-state index contributed by atoms with van der Waals surface area (Å²) in [6.07, 6.45) is 16.6. The van der Waals surface area contributed by atoms with Gasteiger partial charge in [0.1, 0.15) is 6.10 Å². The maximum atomic E-state index is 13.7. The summed E-state index contributed by atoms with van der Waals surface area (Å²) in [6.45, 7) is 12.6. The van der Waals surface area contributed by atoms with Crippen LogP contribution < -0.4 is 5.32 Å². The fraction of sp³-hybridized carbons (Fsp3) is 0.634. The molecule has 2 aromatic rings. The molecule has 2 aromatic carbocycles. The molecule has 0 aromatic heterocycles. The number of nitrogens with one attached hydrogen (secondary N) is 1. The largest absolute Gasteiger partial charge is 0.460 e. The van der Waals surface area contributed by atoms with E-state index in [1.54, 1.807) is 5.57 Å². The van der Waals surface area contributed by atoms with E-state index in [-0.39, 0.29) is 17.5 Å². The number of allylic oxidation sites excluding steroid dienone is 1. The van der Waals surface area contributed by atoms with Gasteiger partial charge in [0, 0.05) is 12.1 Å². The summed E-state index contributed by atoms with van der Waals surface area (Å²) < 4.78 is 6.34. The molecule has 4 aliphatic carbocycles. The van der Waals surface area contributed by atoms with E-state index in [9.17, 15) is 4.79 Å². The standard InChI is InChI=1S/C41H57NO2/c1-28(2)13-12-14-29(3)35-21-22-36-34-20-19-31-27-33(23-25-40(31,4)37(34)24-26-41(35,36)5)44-39(43)38(30-15-8-6-9-16-30)42-32-17-10-7-11-18-32/h6-11,15-19,28-29,33-38,42H,12-14,20-27H2,1-5H3/t29-,33+,34+,35-,36+,37+,38?,40+,41-/m1/s1. The van der Waals surface area contributed by atoms with Gasteiger partial charge in [-0.15, -0.1) is 0 Å². The van der Waals surface area contributed by atoms with E-state index < -0.39 is 6.04 Å². The Morgan fingerprint density at radius 3 is 2.34 bits per heavy atom. The molecule has 0 aliphatic heterocycles. The van der Waals surface area contributed by atoms with Crippen molar-refractivity contribution < 1.29 is 9.53 Å². The molecular weight excluding hydrogens is 538 g/mol. The molecule has 238 valence electrons. The maximum absolute atomic E-state index is 13.7. The third-order valence-corrected chi connectivity index (χ3v) is 13.0. The molecular formula is C41H57NO2. The number of anilines is 1. The van der Waals surface area contributed by atoms with Crippen molar-refractivity contribution in [3.8, 4) is 0 Å². The average Bonchev–Trinajstić information content (AvgIpc) is 3.38. The van der Waals surface area contributed by atoms with Crippen molar-refractivity contribution in [2.24, 2.45) is 46.3 Å². The second-order valence-electron chi connectivity index (χ2n) is 15.9. The summed E-state index contributed by atoms with van der Waals surface area (Å²) in [5.74, 6) is 4.89. The monoisotopic (exact) mass is 595 g/mol. The van der Waals surface area contributed by atoms with E-state index in [1.807, 2.05) is 60.7 Å². The van der Waals surface area contributed by atoms with Crippen LogP contribution in [-0.4, -0.2) is 12.1 Å². The van der Waals surface area contributed by atoms with Gasteiger partial charge >= 0.3 is 5.97 Å². The van der Waals surface area contributed by atoms with E-state index in [1.165, 1.54) is 51.4 Å². The molecule has 3 saturated carbocycles. The van der Waals surface area contributed by atoms with Crippen molar-refractivity contribution in [2.75, 3.05) is 5.32 Å². The summed E-state index contributed by atoms with van der Waals surface area (Å²) in [6, 6.07) is 19.5. The minimum atomic E-state index is -0.518. The summed E-state index contributed by atoms with van der Waals surface area (Å²) in [5, 5.41) is 3.45. The first-order valence-corrected chi connectivity index (χ1v) is 18.0. The minimum absolute atomic E-state index is 0.0430. The Kier molecular flexibility index (Phi) is 9.32. The Labute approximate surface area is 267 Å². The Balaban J connectivity index is 1.12. The molecule has 1 N–H and O–H groups in total. The molecule has 4 aliphatic rings. The normalized spacial score (nSPS) is 34.2. The van der Waals surface area contributed by atoms with Crippen molar-refractivity contribution in [1.82, 2.24) is 0 Å². The van der Waals surface area contributed by atoms with Gasteiger partial charge in [-0.3, -0.25) is 0 Å². The number of carbonyl (C=O) groups is 1. The molecule has 44 heavy (non-hydrogen) atoms. The molecule has 3 fully saturated rings. The lowest BCUT2D eigenvalue weighted by Crippen LogP contribution is -2.51. The Morgan fingerprint density at radius 2 is 1.61 bits per heavy atom. The Morgan fingerprint density at radius 1 is 0.886 bits per heavy atom. The lowest BCUT2D eigenvalue weighted by atomic mass is 9.47. The SMILES string of the molecule is CC(C)CCC[C@@H](C)[C@H]1CC[C@H]2[C@@H]3CC=C4C[C@@H](OC(=O)C(Nc5ccccc5)c5ccccc5)CC[C@]4(C)[C@H]3CC[C@]12C. The summed E-state index contributed by atoms with van der Waals surface area (Å²) in [4.78, 5) is 13.7. The highest BCUT2D eigenvalue weighted by Crippen LogP contribution is 2.67. The number of fused-ring (bicyclic) bond motifs is 5. The molecule has 0 saturated heterocycles. The van der Waals surface area contributed by atoms with Gasteiger partial charge in [-0.25, -0.2) is 4.79 Å². The molecule has 0 amide bonds. The fourth-order valence-corrected chi connectivity index (χ4v) is 10.6. The van der Waals surface area contributed by atoms with Crippen LogP contribution in [0, 0.1) is 46.3 Å². The van der Waals surface area contributed by atoms with Crippen molar-refractivity contribution >= 4 is 11.7 Å². The minimum Gasteiger partial charge on any atom is -0.460 e. The Bertz CT molecular complexity index is 1290.